The standard InChI is InChI=1S/C20H21NO/c1-12-9-14-5-3-6-15-11-17-18(7-4-8-19(17)22)21-20(15)16(14)10-13(12)2/h9-11H,3-8H2,1-2H3. The monoisotopic (exact) mass is 291 g/mol. The van der Waals surface area contributed by atoms with Crippen LogP contribution in [0.4, 0.5) is 0 Å². The van der Waals surface area contributed by atoms with Gasteiger partial charge in [-0.1, -0.05) is 6.07 Å². The van der Waals surface area contributed by atoms with Gasteiger partial charge >= 0.3 is 0 Å². The second-order valence-electron chi connectivity index (χ2n) is 6.71. The average Bonchev–Trinajstić information content (AvgIpc) is 2.66. The minimum absolute atomic E-state index is 0.279. The summed E-state index contributed by atoms with van der Waals surface area (Å²) in [7, 11) is 0. The first-order valence-corrected chi connectivity index (χ1v) is 8.30. The maximum Gasteiger partial charge on any atom is 0.164 e. The molecule has 22 heavy (non-hydrogen) atoms. The van der Waals surface area contributed by atoms with Gasteiger partial charge < -0.3 is 0 Å². The molecule has 0 spiro atoms. The van der Waals surface area contributed by atoms with Crippen molar-refractivity contribution in [1.29, 1.82) is 0 Å². The Bertz CT molecular complexity index is 789. The fraction of sp³-hybridized carbons (Fsp3) is 0.400. The van der Waals surface area contributed by atoms with Crippen LogP contribution in [-0.4, -0.2) is 10.8 Å². The van der Waals surface area contributed by atoms with Gasteiger partial charge in [-0.15, -0.1) is 0 Å². The Labute approximate surface area is 131 Å². The first-order chi connectivity index (χ1) is 10.6. The molecule has 2 aromatic rings. The average molecular weight is 291 g/mol. The quantitative estimate of drug-likeness (QED) is 0.721. The fourth-order valence-electron chi connectivity index (χ4n) is 3.77. The second-order valence-corrected chi connectivity index (χ2v) is 6.71. The summed E-state index contributed by atoms with van der Waals surface area (Å²) in [5.41, 5.74) is 9.67. The van der Waals surface area contributed by atoms with Gasteiger partial charge in [-0.25, -0.2) is 0 Å². The molecule has 0 N–H and O–H groups in total. The van der Waals surface area contributed by atoms with Gasteiger partial charge in [0.25, 0.3) is 0 Å². The van der Waals surface area contributed by atoms with E-state index in [4.69, 9.17) is 4.98 Å². The van der Waals surface area contributed by atoms with Gasteiger partial charge in [0.15, 0.2) is 5.78 Å². The van der Waals surface area contributed by atoms with Gasteiger partial charge in [-0.3, -0.25) is 9.78 Å². The SMILES string of the molecule is Cc1cc2c(cc1C)-c1nc3c(cc1CCC2)C(=O)CCC3. The summed E-state index contributed by atoms with van der Waals surface area (Å²) in [4.78, 5) is 17.1. The molecule has 2 aliphatic rings. The maximum absolute atomic E-state index is 12.2. The summed E-state index contributed by atoms with van der Waals surface area (Å²) in [6.07, 6.45) is 5.83. The molecule has 1 aromatic heterocycles. The molecule has 0 fully saturated rings. The Morgan fingerprint density at radius 1 is 0.818 bits per heavy atom. The smallest absolute Gasteiger partial charge is 0.164 e. The zero-order valence-corrected chi connectivity index (χ0v) is 13.3. The molecule has 2 heteroatoms. The van der Waals surface area contributed by atoms with E-state index >= 15 is 0 Å². The molecule has 0 radical (unpaired) electrons. The van der Waals surface area contributed by atoms with Crippen LogP contribution in [0.1, 0.15) is 57.6 Å². The lowest BCUT2D eigenvalue weighted by Gasteiger charge is -2.18. The molecular formula is C20H21NO. The Kier molecular flexibility index (Phi) is 3.14. The number of carbonyl (C=O) groups is 1. The van der Waals surface area contributed by atoms with Crippen molar-refractivity contribution in [3.63, 3.8) is 0 Å². The fourth-order valence-corrected chi connectivity index (χ4v) is 3.77. The largest absolute Gasteiger partial charge is 0.294 e. The lowest BCUT2D eigenvalue weighted by atomic mass is 9.90. The molecule has 2 nitrogen and oxygen atoms in total. The molecule has 0 saturated carbocycles. The topological polar surface area (TPSA) is 30.0 Å². The van der Waals surface area contributed by atoms with Crippen LogP contribution in [0, 0.1) is 13.8 Å². The Morgan fingerprint density at radius 2 is 1.55 bits per heavy atom. The Balaban J connectivity index is 1.96. The van der Waals surface area contributed by atoms with Crippen molar-refractivity contribution < 1.29 is 4.79 Å². The highest BCUT2D eigenvalue weighted by atomic mass is 16.1. The highest BCUT2D eigenvalue weighted by Gasteiger charge is 2.24. The molecule has 1 heterocycles. The molecule has 2 aliphatic carbocycles. The Hall–Kier alpha value is -1.96. The summed E-state index contributed by atoms with van der Waals surface area (Å²) in [6, 6.07) is 6.76. The normalized spacial score (nSPS) is 16.5. The van der Waals surface area contributed by atoms with E-state index in [9.17, 15) is 4.79 Å². The van der Waals surface area contributed by atoms with Gasteiger partial charge in [0.1, 0.15) is 0 Å². The van der Waals surface area contributed by atoms with Gasteiger partial charge in [0.05, 0.1) is 11.4 Å². The third-order valence-corrected chi connectivity index (χ3v) is 5.17. The number of fused-ring (bicyclic) bond motifs is 4. The summed E-state index contributed by atoms with van der Waals surface area (Å²) in [5.74, 6) is 0.279. The summed E-state index contributed by atoms with van der Waals surface area (Å²) in [6.45, 7) is 4.35. The van der Waals surface area contributed by atoms with E-state index < -0.39 is 0 Å². The van der Waals surface area contributed by atoms with Crippen LogP contribution in [0.5, 0.6) is 0 Å². The van der Waals surface area contributed by atoms with Crippen molar-refractivity contribution in [1.82, 2.24) is 4.98 Å². The summed E-state index contributed by atoms with van der Waals surface area (Å²) < 4.78 is 0. The molecular weight excluding hydrogens is 270 g/mol. The van der Waals surface area contributed by atoms with E-state index in [1.807, 2.05) is 0 Å². The predicted molar refractivity (Wildman–Crippen MR) is 88.4 cm³/mol. The minimum Gasteiger partial charge on any atom is -0.294 e. The van der Waals surface area contributed by atoms with E-state index in [1.165, 1.54) is 27.8 Å². The number of nitrogens with zero attached hydrogens (tertiary/aromatic N) is 1. The van der Waals surface area contributed by atoms with Crippen molar-refractivity contribution in [2.24, 2.45) is 0 Å². The summed E-state index contributed by atoms with van der Waals surface area (Å²) in [5, 5.41) is 0. The highest BCUT2D eigenvalue weighted by molar-refractivity contribution is 5.98. The van der Waals surface area contributed by atoms with E-state index in [1.54, 1.807) is 0 Å². The molecule has 0 unspecified atom stereocenters. The van der Waals surface area contributed by atoms with Crippen molar-refractivity contribution in [2.75, 3.05) is 0 Å². The van der Waals surface area contributed by atoms with E-state index in [0.717, 1.165) is 49.1 Å². The minimum atomic E-state index is 0.279. The number of hydrogen-bond acceptors (Lipinski definition) is 2. The maximum atomic E-state index is 12.2. The van der Waals surface area contributed by atoms with E-state index in [2.05, 4.69) is 32.0 Å². The van der Waals surface area contributed by atoms with Gasteiger partial charge in [0.2, 0.25) is 0 Å². The summed E-state index contributed by atoms with van der Waals surface area (Å²) >= 11 is 0. The molecule has 0 bridgehead atoms. The van der Waals surface area contributed by atoms with E-state index in [-0.39, 0.29) is 5.78 Å². The third kappa shape index (κ3) is 2.09. The zero-order chi connectivity index (χ0) is 15.3. The van der Waals surface area contributed by atoms with Crippen LogP contribution in [0.3, 0.4) is 0 Å². The number of aryl methyl sites for hydroxylation is 5. The van der Waals surface area contributed by atoms with Gasteiger partial charge in [0, 0.05) is 17.5 Å². The third-order valence-electron chi connectivity index (χ3n) is 5.17. The molecule has 0 saturated heterocycles. The molecule has 0 amide bonds. The number of Topliss-reactive ketones (excluding diaryl/α,β-unsaturated/α-hetero) is 1. The lowest BCUT2D eigenvalue weighted by Crippen LogP contribution is -2.14. The first kappa shape index (κ1) is 13.7. The molecule has 4 rings (SSSR count). The van der Waals surface area contributed by atoms with Crippen LogP contribution in [0.2, 0.25) is 0 Å². The van der Waals surface area contributed by atoms with Crippen molar-refractivity contribution in [3.8, 4) is 11.3 Å². The second kappa shape index (κ2) is 5.05. The van der Waals surface area contributed by atoms with Crippen LogP contribution < -0.4 is 0 Å². The first-order valence-electron chi connectivity index (χ1n) is 8.30. The van der Waals surface area contributed by atoms with E-state index in [0.29, 0.717) is 6.42 Å². The van der Waals surface area contributed by atoms with Crippen LogP contribution in [-0.2, 0) is 19.3 Å². The van der Waals surface area contributed by atoms with Crippen LogP contribution in [0.25, 0.3) is 11.3 Å². The Morgan fingerprint density at radius 3 is 2.41 bits per heavy atom. The highest BCUT2D eigenvalue weighted by Crippen LogP contribution is 2.35. The number of benzene rings is 1. The lowest BCUT2D eigenvalue weighted by molar-refractivity contribution is 0.0971. The van der Waals surface area contributed by atoms with Gasteiger partial charge in [-0.2, -0.15) is 0 Å². The number of aromatic nitrogens is 1. The number of pyridine rings is 1. The molecule has 0 aliphatic heterocycles. The van der Waals surface area contributed by atoms with Crippen LogP contribution in [0.15, 0.2) is 18.2 Å². The number of hydrogen-bond donors (Lipinski definition) is 0. The molecule has 1 aromatic carbocycles. The van der Waals surface area contributed by atoms with Crippen molar-refractivity contribution in [2.45, 2.75) is 52.4 Å². The van der Waals surface area contributed by atoms with Crippen molar-refractivity contribution >= 4 is 5.78 Å². The van der Waals surface area contributed by atoms with Crippen LogP contribution >= 0.6 is 0 Å². The number of ketones is 1. The van der Waals surface area contributed by atoms with Gasteiger partial charge in [-0.05, 0) is 80.3 Å². The predicted octanol–water partition coefficient (Wildman–Crippen LogP) is 4.37. The number of carbonyl (C=O) groups excluding carboxylic acids is 1. The molecule has 112 valence electrons. The number of rotatable bonds is 0. The molecule has 0 atom stereocenters. The van der Waals surface area contributed by atoms with Crippen molar-refractivity contribution in [3.05, 3.63) is 51.7 Å². The zero-order valence-electron chi connectivity index (χ0n) is 13.3.